The van der Waals surface area contributed by atoms with Crippen molar-refractivity contribution < 1.29 is 5.11 Å². The molecule has 0 aromatic rings. The van der Waals surface area contributed by atoms with Crippen LogP contribution in [-0.4, -0.2) is 11.7 Å². The molecule has 1 nitrogen and oxygen atoms in total. The van der Waals surface area contributed by atoms with Crippen molar-refractivity contribution in [2.75, 3.05) is 6.61 Å². The molecule has 1 spiro atoms. The number of fused-ring (bicyclic) bond motifs is 1. The van der Waals surface area contributed by atoms with Gasteiger partial charge in [0.2, 0.25) is 0 Å². The highest BCUT2D eigenvalue weighted by molar-refractivity contribution is 5.19. The second kappa shape index (κ2) is 4.24. The van der Waals surface area contributed by atoms with Crippen molar-refractivity contribution in [2.24, 2.45) is 45.8 Å². The van der Waals surface area contributed by atoms with Gasteiger partial charge in [0.05, 0.1) is 0 Å². The highest BCUT2D eigenvalue weighted by atomic mass is 16.3. The fraction of sp³-hybridized carbons (Fsp3) is 1.00. The van der Waals surface area contributed by atoms with Gasteiger partial charge >= 0.3 is 0 Å². The number of hydrogen-bond donors (Lipinski definition) is 1. The SMILES string of the molecule is CC(CO)C1C(C)CC(C)(C)[C@@]23CC[C@@H](C2)C(C)(C)C13. The van der Waals surface area contributed by atoms with Crippen molar-refractivity contribution in [3.05, 3.63) is 0 Å². The van der Waals surface area contributed by atoms with Crippen LogP contribution in [0.5, 0.6) is 0 Å². The topological polar surface area (TPSA) is 20.2 Å². The molecule has 3 aliphatic carbocycles. The molecule has 4 unspecified atom stereocenters. The normalized spacial score (nSPS) is 50.0. The van der Waals surface area contributed by atoms with Gasteiger partial charge in [0.25, 0.3) is 0 Å². The lowest BCUT2D eigenvalue weighted by atomic mass is 9.43. The lowest BCUT2D eigenvalue weighted by Gasteiger charge is -2.62. The van der Waals surface area contributed by atoms with Crippen molar-refractivity contribution in [1.82, 2.24) is 0 Å². The van der Waals surface area contributed by atoms with Gasteiger partial charge in [0.15, 0.2) is 0 Å². The molecule has 0 heterocycles. The molecular weight excluding hydrogens is 244 g/mol. The molecule has 0 aliphatic heterocycles. The Morgan fingerprint density at radius 2 is 1.80 bits per heavy atom. The van der Waals surface area contributed by atoms with E-state index in [4.69, 9.17) is 0 Å². The van der Waals surface area contributed by atoms with Crippen LogP contribution < -0.4 is 0 Å². The zero-order chi connectivity index (χ0) is 14.9. The lowest BCUT2D eigenvalue weighted by molar-refractivity contribution is -0.141. The van der Waals surface area contributed by atoms with Gasteiger partial charge < -0.3 is 5.11 Å². The molecule has 116 valence electrons. The second-order valence-electron chi connectivity index (χ2n) is 9.70. The molecule has 2 bridgehead atoms. The minimum absolute atomic E-state index is 0.364. The largest absolute Gasteiger partial charge is 0.396 e. The van der Waals surface area contributed by atoms with Crippen LogP contribution in [0.4, 0.5) is 0 Å². The summed E-state index contributed by atoms with van der Waals surface area (Å²) in [6.45, 7) is 15.3. The summed E-state index contributed by atoms with van der Waals surface area (Å²) in [7, 11) is 0. The predicted octanol–water partition coefficient (Wildman–Crippen LogP) is 4.74. The maximum absolute atomic E-state index is 9.79. The first kappa shape index (κ1) is 14.9. The predicted molar refractivity (Wildman–Crippen MR) is 84.3 cm³/mol. The first-order valence-corrected chi connectivity index (χ1v) is 8.78. The summed E-state index contributed by atoms with van der Waals surface area (Å²) in [5, 5.41) is 9.79. The third-order valence-electron chi connectivity index (χ3n) is 8.17. The quantitative estimate of drug-likeness (QED) is 0.773. The zero-order valence-electron chi connectivity index (χ0n) is 14.4. The van der Waals surface area contributed by atoms with Crippen molar-refractivity contribution in [2.45, 2.75) is 67.2 Å². The summed E-state index contributed by atoms with van der Waals surface area (Å²) in [4.78, 5) is 0. The Balaban J connectivity index is 2.09. The third kappa shape index (κ3) is 1.59. The fourth-order valence-corrected chi connectivity index (χ4v) is 7.34. The Labute approximate surface area is 125 Å². The molecule has 3 saturated carbocycles. The van der Waals surface area contributed by atoms with Crippen LogP contribution in [0.25, 0.3) is 0 Å². The Kier molecular flexibility index (Phi) is 3.16. The van der Waals surface area contributed by atoms with E-state index in [-0.39, 0.29) is 0 Å². The van der Waals surface area contributed by atoms with Crippen LogP contribution >= 0.6 is 0 Å². The van der Waals surface area contributed by atoms with Crippen LogP contribution in [0.15, 0.2) is 0 Å². The number of hydrogen-bond acceptors (Lipinski definition) is 1. The summed E-state index contributed by atoms with van der Waals surface area (Å²) in [5.41, 5.74) is 1.51. The Hall–Kier alpha value is -0.0400. The molecule has 0 aromatic heterocycles. The van der Waals surface area contributed by atoms with E-state index >= 15 is 0 Å². The van der Waals surface area contributed by atoms with Crippen LogP contribution in [-0.2, 0) is 0 Å². The molecule has 0 amide bonds. The number of rotatable bonds is 2. The molecule has 20 heavy (non-hydrogen) atoms. The summed E-state index contributed by atoms with van der Waals surface area (Å²) in [6, 6.07) is 0. The van der Waals surface area contributed by atoms with Gasteiger partial charge in [-0.1, -0.05) is 41.5 Å². The summed E-state index contributed by atoms with van der Waals surface area (Å²) >= 11 is 0. The highest BCUT2D eigenvalue weighted by Gasteiger charge is 2.70. The molecule has 3 aliphatic rings. The monoisotopic (exact) mass is 278 g/mol. The Morgan fingerprint density at radius 3 is 2.40 bits per heavy atom. The molecule has 0 radical (unpaired) electrons. The maximum Gasteiger partial charge on any atom is 0.0459 e. The van der Waals surface area contributed by atoms with Gasteiger partial charge in [-0.05, 0) is 71.5 Å². The van der Waals surface area contributed by atoms with Gasteiger partial charge in [0.1, 0.15) is 0 Å². The van der Waals surface area contributed by atoms with E-state index in [0.29, 0.717) is 34.7 Å². The summed E-state index contributed by atoms with van der Waals surface area (Å²) in [6.07, 6.45) is 5.70. The lowest BCUT2D eigenvalue weighted by Crippen LogP contribution is -2.56. The molecule has 1 heteroatoms. The standard InChI is InChI=1S/C19H34O/c1-12-9-17(3,4)19-8-7-14(10-19)18(5,6)16(19)15(12)13(2)11-20/h12-16,20H,7-11H2,1-6H3/t12?,13?,14-,15?,16?,19-/m0/s1. The van der Waals surface area contributed by atoms with Crippen LogP contribution in [0.2, 0.25) is 0 Å². The molecule has 3 rings (SSSR count). The number of aliphatic hydroxyl groups excluding tert-OH is 1. The van der Waals surface area contributed by atoms with Crippen LogP contribution in [0, 0.1) is 45.8 Å². The van der Waals surface area contributed by atoms with Crippen LogP contribution in [0.3, 0.4) is 0 Å². The second-order valence-corrected chi connectivity index (χ2v) is 9.70. The molecule has 6 atom stereocenters. The number of aliphatic hydroxyl groups is 1. The zero-order valence-corrected chi connectivity index (χ0v) is 14.4. The van der Waals surface area contributed by atoms with Gasteiger partial charge in [-0.25, -0.2) is 0 Å². The molecule has 0 saturated heterocycles. The van der Waals surface area contributed by atoms with Gasteiger partial charge in [-0.2, -0.15) is 0 Å². The van der Waals surface area contributed by atoms with E-state index in [1.165, 1.54) is 25.7 Å². The van der Waals surface area contributed by atoms with Gasteiger partial charge in [-0.15, -0.1) is 0 Å². The molecule has 0 aromatic carbocycles. The van der Waals surface area contributed by atoms with Crippen molar-refractivity contribution >= 4 is 0 Å². The van der Waals surface area contributed by atoms with Crippen molar-refractivity contribution in [1.29, 1.82) is 0 Å². The van der Waals surface area contributed by atoms with E-state index in [1.807, 2.05) is 0 Å². The average Bonchev–Trinajstić information content (AvgIpc) is 2.86. The molecular formula is C19H34O. The summed E-state index contributed by atoms with van der Waals surface area (Å²) < 4.78 is 0. The highest BCUT2D eigenvalue weighted by Crippen LogP contribution is 2.77. The van der Waals surface area contributed by atoms with E-state index in [2.05, 4.69) is 41.5 Å². The van der Waals surface area contributed by atoms with E-state index in [1.54, 1.807) is 0 Å². The fourth-order valence-electron chi connectivity index (χ4n) is 7.34. The Bertz CT molecular complexity index is 397. The maximum atomic E-state index is 9.79. The van der Waals surface area contributed by atoms with Crippen molar-refractivity contribution in [3.63, 3.8) is 0 Å². The van der Waals surface area contributed by atoms with Gasteiger partial charge in [0, 0.05) is 6.61 Å². The smallest absolute Gasteiger partial charge is 0.0459 e. The average molecular weight is 278 g/mol. The van der Waals surface area contributed by atoms with E-state index in [0.717, 1.165) is 17.8 Å². The van der Waals surface area contributed by atoms with Crippen molar-refractivity contribution in [3.8, 4) is 0 Å². The van der Waals surface area contributed by atoms with E-state index in [9.17, 15) is 5.11 Å². The first-order chi connectivity index (χ1) is 9.17. The molecule has 3 fully saturated rings. The van der Waals surface area contributed by atoms with Gasteiger partial charge in [-0.3, -0.25) is 0 Å². The third-order valence-corrected chi connectivity index (χ3v) is 8.17. The van der Waals surface area contributed by atoms with E-state index < -0.39 is 0 Å². The minimum Gasteiger partial charge on any atom is -0.396 e. The Morgan fingerprint density at radius 1 is 1.15 bits per heavy atom. The molecule has 1 N–H and O–H groups in total. The first-order valence-electron chi connectivity index (χ1n) is 8.78. The van der Waals surface area contributed by atoms with Crippen LogP contribution in [0.1, 0.15) is 67.2 Å². The minimum atomic E-state index is 0.364. The summed E-state index contributed by atoms with van der Waals surface area (Å²) in [5.74, 6) is 3.66.